The quantitative estimate of drug-likeness (QED) is 0.363. The number of carbonyl (C=O) groups excluding carboxylic acids is 1. The number of hydrogen-bond donors (Lipinski definition) is 2. The van der Waals surface area contributed by atoms with E-state index in [4.69, 9.17) is 0 Å². The van der Waals surface area contributed by atoms with Gasteiger partial charge in [0.15, 0.2) is 23.2 Å². The van der Waals surface area contributed by atoms with E-state index in [1.165, 1.54) is 19.2 Å². The molecule has 4 aromatic rings. The Morgan fingerprint density at radius 1 is 1.23 bits per heavy atom. The summed E-state index contributed by atoms with van der Waals surface area (Å²) in [6, 6.07) is 1.92. The molecule has 0 spiro atoms. The molecule has 0 bridgehead atoms. The van der Waals surface area contributed by atoms with Crippen LogP contribution in [-0.4, -0.2) is 36.3 Å². The lowest BCUT2D eigenvalue weighted by Gasteiger charge is -2.30. The number of halogens is 3. The standard InChI is InChI=1S/C25H25F3N6O/c1-13-22(28)25(33-24(31-13)18-10-29-23-17(18)8-15(26)9-19(23)27)32-16-5-3-4-14(6-16)7-21(35)20-11-34(2)12-30-20/h8-12,14,16,29H,3-7H2,1-2H3,(H,31,32,33)/t14-,16+/m1/s1. The van der Waals surface area contributed by atoms with Crippen molar-refractivity contribution in [3.8, 4) is 11.4 Å². The number of benzene rings is 1. The van der Waals surface area contributed by atoms with Gasteiger partial charge in [0.1, 0.15) is 17.3 Å². The molecule has 182 valence electrons. The third-order valence-electron chi connectivity index (χ3n) is 6.55. The number of aromatic amines is 1. The number of fused-ring (bicyclic) bond motifs is 1. The number of Topliss-reactive ketones (excluding diaryl/α,β-unsaturated/α-hetero) is 1. The smallest absolute Gasteiger partial charge is 0.186 e. The van der Waals surface area contributed by atoms with Gasteiger partial charge in [0.2, 0.25) is 0 Å². The number of anilines is 1. The summed E-state index contributed by atoms with van der Waals surface area (Å²) in [4.78, 5) is 28.1. The second-order valence-electron chi connectivity index (χ2n) is 9.23. The molecular weight excluding hydrogens is 457 g/mol. The molecule has 1 saturated carbocycles. The van der Waals surface area contributed by atoms with Gasteiger partial charge in [-0.05, 0) is 38.2 Å². The molecule has 3 heterocycles. The molecule has 1 aromatic carbocycles. The monoisotopic (exact) mass is 482 g/mol. The van der Waals surface area contributed by atoms with E-state index in [9.17, 15) is 18.0 Å². The van der Waals surface area contributed by atoms with Crippen molar-refractivity contribution in [1.82, 2.24) is 24.5 Å². The molecule has 0 unspecified atom stereocenters. The van der Waals surface area contributed by atoms with Crippen molar-refractivity contribution in [2.75, 3.05) is 5.32 Å². The van der Waals surface area contributed by atoms with Crippen LogP contribution in [0.3, 0.4) is 0 Å². The molecule has 1 fully saturated rings. The topological polar surface area (TPSA) is 88.5 Å². The largest absolute Gasteiger partial charge is 0.365 e. The molecule has 3 aromatic heterocycles. The Balaban J connectivity index is 1.36. The van der Waals surface area contributed by atoms with E-state index in [1.807, 2.05) is 7.05 Å². The SMILES string of the molecule is Cc1nc(-c2c[nH]c3c(F)cc(F)cc23)nc(N[C@H]2CCC[C@@H](CC(=O)c3cn(C)cn3)C2)c1F. The number of aryl methyl sites for hydroxylation is 2. The molecule has 7 nitrogen and oxygen atoms in total. The molecule has 35 heavy (non-hydrogen) atoms. The number of imidazole rings is 1. The summed E-state index contributed by atoms with van der Waals surface area (Å²) in [5.41, 5.74) is 1.10. The lowest BCUT2D eigenvalue weighted by molar-refractivity contribution is 0.0944. The van der Waals surface area contributed by atoms with E-state index < -0.39 is 17.5 Å². The van der Waals surface area contributed by atoms with Gasteiger partial charge in [0.05, 0.1) is 17.5 Å². The molecule has 2 N–H and O–H groups in total. The zero-order valence-electron chi connectivity index (χ0n) is 19.4. The Labute approximate surface area is 199 Å². The number of nitrogens with one attached hydrogen (secondary N) is 2. The summed E-state index contributed by atoms with van der Waals surface area (Å²) in [5, 5.41) is 3.48. The third-order valence-corrected chi connectivity index (χ3v) is 6.55. The molecule has 1 aliphatic rings. The van der Waals surface area contributed by atoms with Crippen molar-refractivity contribution < 1.29 is 18.0 Å². The Morgan fingerprint density at radius 3 is 2.83 bits per heavy atom. The molecule has 0 radical (unpaired) electrons. The highest BCUT2D eigenvalue weighted by Crippen LogP contribution is 2.33. The second kappa shape index (κ2) is 9.16. The minimum atomic E-state index is -0.725. The fourth-order valence-corrected chi connectivity index (χ4v) is 4.84. The maximum Gasteiger partial charge on any atom is 0.186 e. The van der Waals surface area contributed by atoms with Crippen LogP contribution in [0.5, 0.6) is 0 Å². The van der Waals surface area contributed by atoms with Crippen LogP contribution in [0.4, 0.5) is 19.0 Å². The second-order valence-corrected chi connectivity index (χ2v) is 9.23. The van der Waals surface area contributed by atoms with E-state index >= 15 is 0 Å². The highest BCUT2D eigenvalue weighted by Gasteiger charge is 2.27. The van der Waals surface area contributed by atoms with Crippen molar-refractivity contribution in [1.29, 1.82) is 0 Å². The van der Waals surface area contributed by atoms with Crippen molar-refractivity contribution >= 4 is 22.5 Å². The number of H-pyrrole nitrogens is 1. The number of hydrogen-bond acceptors (Lipinski definition) is 5. The van der Waals surface area contributed by atoms with Gasteiger partial charge in [-0.2, -0.15) is 0 Å². The Bertz CT molecular complexity index is 1410. The average molecular weight is 483 g/mol. The first kappa shape index (κ1) is 23.1. The Hall–Kier alpha value is -3.69. The predicted octanol–water partition coefficient (Wildman–Crippen LogP) is 5.33. The number of ketones is 1. The van der Waals surface area contributed by atoms with Crippen LogP contribution in [0, 0.1) is 30.3 Å². The highest BCUT2D eigenvalue weighted by molar-refractivity contribution is 5.94. The summed E-state index contributed by atoms with van der Waals surface area (Å²) in [6.07, 6.45) is 8.52. The first-order valence-electron chi connectivity index (χ1n) is 11.6. The molecule has 0 aliphatic heterocycles. The Morgan fingerprint density at radius 2 is 2.06 bits per heavy atom. The molecule has 2 atom stereocenters. The van der Waals surface area contributed by atoms with Crippen LogP contribution in [0.25, 0.3) is 22.3 Å². The van der Waals surface area contributed by atoms with E-state index in [0.29, 0.717) is 24.1 Å². The van der Waals surface area contributed by atoms with Crippen molar-refractivity contribution in [3.05, 3.63) is 59.7 Å². The molecule has 5 rings (SSSR count). The summed E-state index contributed by atoms with van der Waals surface area (Å²) in [7, 11) is 1.82. The summed E-state index contributed by atoms with van der Waals surface area (Å²) >= 11 is 0. The molecular formula is C25H25F3N6O. The zero-order valence-corrected chi connectivity index (χ0v) is 19.4. The lowest BCUT2D eigenvalue weighted by atomic mass is 9.82. The van der Waals surface area contributed by atoms with Crippen LogP contribution in [0.15, 0.2) is 30.9 Å². The number of carbonyl (C=O) groups is 1. The van der Waals surface area contributed by atoms with E-state index in [2.05, 4.69) is 25.3 Å². The number of rotatable bonds is 6. The lowest BCUT2D eigenvalue weighted by Crippen LogP contribution is -2.29. The van der Waals surface area contributed by atoms with Gasteiger partial charge in [-0.3, -0.25) is 4.79 Å². The van der Waals surface area contributed by atoms with Gasteiger partial charge in [0.25, 0.3) is 0 Å². The van der Waals surface area contributed by atoms with Crippen LogP contribution < -0.4 is 5.32 Å². The maximum absolute atomic E-state index is 15.0. The zero-order chi connectivity index (χ0) is 24.7. The number of nitrogens with zero attached hydrogens (tertiary/aromatic N) is 4. The van der Waals surface area contributed by atoms with E-state index in [1.54, 1.807) is 17.1 Å². The minimum Gasteiger partial charge on any atom is -0.365 e. The normalized spacial score (nSPS) is 18.2. The number of aromatic nitrogens is 5. The fraction of sp³-hybridized carbons (Fsp3) is 0.360. The molecule has 1 aliphatic carbocycles. The first-order valence-corrected chi connectivity index (χ1v) is 11.6. The maximum atomic E-state index is 15.0. The average Bonchev–Trinajstić information content (AvgIpc) is 3.43. The van der Waals surface area contributed by atoms with Gasteiger partial charge < -0.3 is 14.9 Å². The van der Waals surface area contributed by atoms with Crippen LogP contribution >= 0.6 is 0 Å². The van der Waals surface area contributed by atoms with Crippen LogP contribution in [0.1, 0.15) is 48.3 Å². The van der Waals surface area contributed by atoms with E-state index in [-0.39, 0.29) is 46.0 Å². The summed E-state index contributed by atoms with van der Waals surface area (Å²) in [5.74, 6) is -1.65. The van der Waals surface area contributed by atoms with Crippen LogP contribution in [-0.2, 0) is 7.05 Å². The third kappa shape index (κ3) is 4.65. The van der Waals surface area contributed by atoms with Crippen molar-refractivity contribution in [2.24, 2.45) is 13.0 Å². The van der Waals surface area contributed by atoms with Gasteiger partial charge in [-0.25, -0.2) is 28.1 Å². The molecule has 10 heteroatoms. The first-order chi connectivity index (χ1) is 16.8. The Kier molecular flexibility index (Phi) is 6.04. The van der Waals surface area contributed by atoms with E-state index in [0.717, 1.165) is 25.3 Å². The molecule has 0 amide bonds. The van der Waals surface area contributed by atoms with Crippen LogP contribution in [0.2, 0.25) is 0 Å². The van der Waals surface area contributed by atoms with Gasteiger partial charge in [0, 0.05) is 48.9 Å². The fourth-order valence-electron chi connectivity index (χ4n) is 4.84. The minimum absolute atomic E-state index is 0.00129. The predicted molar refractivity (Wildman–Crippen MR) is 125 cm³/mol. The van der Waals surface area contributed by atoms with Gasteiger partial charge in [-0.15, -0.1) is 0 Å². The van der Waals surface area contributed by atoms with Crippen molar-refractivity contribution in [2.45, 2.75) is 45.1 Å². The summed E-state index contributed by atoms with van der Waals surface area (Å²) < 4.78 is 44.7. The van der Waals surface area contributed by atoms with Crippen molar-refractivity contribution in [3.63, 3.8) is 0 Å². The summed E-state index contributed by atoms with van der Waals surface area (Å²) in [6.45, 7) is 1.52. The highest BCUT2D eigenvalue weighted by atomic mass is 19.1. The molecule has 0 saturated heterocycles. The van der Waals surface area contributed by atoms with Gasteiger partial charge >= 0.3 is 0 Å². The van der Waals surface area contributed by atoms with Gasteiger partial charge in [-0.1, -0.05) is 6.42 Å².